The first-order chi connectivity index (χ1) is 29.6. The standard InChI is InChI=1S/C46H80O14P2/c1-4-5-6-7-8-9-10-11-12-13-14-18-21-24-27-30-33-42(47)35-36-45(49)56-39-44(40-59-62(54,55)58-38-43(48)37-57-61(51,52)53)60-46(50)34-31-28-25-22-19-16-15-17-20-23-26-29-32-41(2)3/h5-6,8-9,11-12,14,18,24,27,30,33,41-44,47-48H,4,7,10,13,15-17,19-23,25-26,28-29,31-32,34-40H2,1-3H3,(H,54,55)(H2,51,52,53)/b6-5-,9-8-,12-11-,18-14-,27-24-,33-30-/t42?,43-,44+/m0/s1. The molecule has 14 nitrogen and oxygen atoms in total. The van der Waals surface area contributed by atoms with Crippen LogP contribution in [0, 0.1) is 5.92 Å². The van der Waals surface area contributed by atoms with Gasteiger partial charge in [-0.25, -0.2) is 9.13 Å². The Hall–Kier alpha value is -2.48. The van der Waals surface area contributed by atoms with E-state index in [1.807, 2.05) is 12.2 Å². The fourth-order valence-corrected chi connectivity index (χ4v) is 6.86. The molecule has 0 aromatic carbocycles. The summed E-state index contributed by atoms with van der Waals surface area (Å²) in [4.78, 5) is 52.8. The van der Waals surface area contributed by atoms with E-state index in [9.17, 15) is 33.8 Å². The Kier molecular flexibility index (Phi) is 38.5. The molecule has 0 bridgehead atoms. The highest BCUT2D eigenvalue weighted by Gasteiger charge is 2.28. The van der Waals surface area contributed by atoms with Crippen LogP contribution in [0.5, 0.6) is 0 Å². The Balaban J connectivity index is 4.72. The van der Waals surface area contributed by atoms with E-state index in [4.69, 9.17) is 23.8 Å². The molecule has 16 heteroatoms. The molecular weight excluding hydrogens is 838 g/mol. The van der Waals surface area contributed by atoms with Crippen molar-refractivity contribution >= 4 is 27.6 Å². The highest BCUT2D eigenvalue weighted by atomic mass is 31.2. The van der Waals surface area contributed by atoms with E-state index in [1.54, 1.807) is 18.2 Å². The third-order valence-corrected chi connectivity index (χ3v) is 10.6. The molecule has 0 rings (SSSR count). The van der Waals surface area contributed by atoms with Crippen molar-refractivity contribution in [2.45, 2.75) is 174 Å². The molecule has 0 spiro atoms. The number of phosphoric ester groups is 2. The Morgan fingerprint density at radius 3 is 1.56 bits per heavy atom. The fourth-order valence-electron chi connectivity index (χ4n) is 5.70. The van der Waals surface area contributed by atoms with Crippen molar-refractivity contribution in [3.63, 3.8) is 0 Å². The number of ether oxygens (including phenoxy) is 2. The van der Waals surface area contributed by atoms with Gasteiger partial charge < -0.3 is 34.4 Å². The van der Waals surface area contributed by atoms with Crippen LogP contribution in [0.15, 0.2) is 72.9 Å². The van der Waals surface area contributed by atoms with Gasteiger partial charge in [0.1, 0.15) is 12.7 Å². The van der Waals surface area contributed by atoms with Gasteiger partial charge in [-0.05, 0) is 50.9 Å². The summed E-state index contributed by atoms with van der Waals surface area (Å²) in [6, 6.07) is 0. The monoisotopic (exact) mass is 919 g/mol. The molecule has 0 heterocycles. The number of aliphatic hydroxyl groups is 2. The predicted octanol–water partition coefficient (Wildman–Crippen LogP) is 10.6. The number of aliphatic hydroxyl groups excluding tert-OH is 2. The second kappa shape index (κ2) is 40.1. The molecule has 0 saturated carbocycles. The molecule has 0 amide bonds. The zero-order valence-electron chi connectivity index (χ0n) is 37.7. The number of rotatable bonds is 41. The second-order valence-corrected chi connectivity index (χ2v) is 18.3. The van der Waals surface area contributed by atoms with Gasteiger partial charge in [-0.2, -0.15) is 0 Å². The Morgan fingerprint density at radius 2 is 1.03 bits per heavy atom. The second-order valence-electron chi connectivity index (χ2n) is 15.6. The van der Waals surface area contributed by atoms with Crippen molar-refractivity contribution in [3.8, 4) is 0 Å². The molecule has 62 heavy (non-hydrogen) atoms. The molecule has 0 aliphatic heterocycles. The van der Waals surface area contributed by atoms with Crippen LogP contribution in [0.25, 0.3) is 0 Å². The molecule has 0 aromatic heterocycles. The Labute approximate surface area is 372 Å². The lowest BCUT2D eigenvalue weighted by Gasteiger charge is -2.20. The van der Waals surface area contributed by atoms with E-state index in [0.717, 1.165) is 63.7 Å². The summed E-state index contributed by atoms with van der Waals surface area (Å²) >= 11 is 0. The van der Waals surface area contributed by atoms with Gasteiger partial charge in [-0.1, -0.05) is 171 Å². The summed E-state index contributed by atoms with van der Waals surface area (Å²) in [5.74, 6) is -0.537. The van der Waals surface area contributed by atoms with Crippen molar-refractivity contribution in [1.29, 1.82) is 0 Å². The first kappa shape index (κ1) is 59.5. The Morgan fingerprint density at radius 1 is 0.548 bits per heavy atom. The van der Waals surface area contributed by atoms with E-state index in [0.29, 0.717) is 6.42 Å². The normalized spacial score (nSPS) is 15.2. The van der Waals surface area contributed by atoms with Crippen molar-refractivity contribution < 1.29 is 66.7 Å². The lowest BCUT2D eigenvalue weighted by molar-refractivity contribution is -0.161. The van der Waals surface area contributed by atoms with E-state index in [1.165, 1.54) is 51.4 Å². The average Bonchev–Trinajstić information content (AvgIpc) is 3.22. The summed E-state index contributed by atoms with van der Waals surface area (Å²) in [6.07, 6.45) is 39.5. The maximum atomic E-state index is 12.7. The van der Waals surface area contributed by atoms with Gasteiger partial charge in [0.25, 0.3) is 0 Å². The minimum Gasteiger partial charge on any atom is -0.462 e. The summed E-state index contributed by atoms with van der Waals surface area (Å²) in [5, 5.41) is 20.0. The van der Waals surface area contributed by atoms with Gasteiger partial charge in [0.15, 0.2) is 6.10 Å². The minimum atomic E-state index is -4.89. The van der Waals surface area contributed by atoms with Crippen molar-refractivity contribution in [3.05, 3.63) is 72.9 Å². The lowest BCUT2D eigenvalue weighted by atomic mass is 10.0. The largest absolute Gasteiger partial charge is 0.472 e. The van der Waals surface area contributed by atoms with Gasteiger partial charge in [-0.15, -0.1) is 0 Å². The number of carbonyl (C=O) groups excluding carboxylic acids is 2. The van der Waals surface area contributed by atoms with E-state index in [2.05, 4.69) is 72.4 Å². The van der Waals surface area contributed by atoms with E-state index >= 15 is 0 Å². The van der Waals surface area contributed by atoms with Gasteiger partial charge in [0, 0.05) is 12.8 Å². The summed E-state index contributed by atoms with van der Waals surface area (Å²) < 4.78 is 47.6. The molecule has 0 radical (unpaired) electrons. The van der Waals surface area contributed by atoms with Crippen molar-refractivity contribution in [2.75, 3.05) is 26.4 Å². The molecule has 0 fully saturated rings. The highest BCUT2D eigenvalue weighted by Crippen LogP contribution is 2.43. The quantitative estimate of drug-likeness (QED) is 0.0127. The average molecular weight is 919 g/mol. The number of hydrogen-bond acceptors (Lipinski definition) is 11. The molecule has 2 unspecified atom stereocenters. The number of allylic oxidation sites excluding steroid dienone is 11. The molecule has 358 valence electrons. The van der Waals surface area contributed by atoms with Crippen molar-refractivity contribution in [1.82, 2.24) is 0 Å². The molecule has 0 aromatic rings. The zero-order valence-corrected chi connectivity index (χ0v) is 39.5. The number of carbonyl (C=O) groups is 2. The maximum Gasteiger partial charge on any atom is 0.472 e. The number of unbranched alkanes of at least 4 members (excludes halogenated alkanes) is 11. The summed E-state index contributed by atoms with van der Waals surface area (Å²) in [7, 11) is -9.75. The van der Waals surface area contributed by atoms with Crippen LogP contribution in [0.1, 0.15) is 156 Å². The zero-order chi connectivity index (χ0) is 46.2. The molecule has 0 aliphatic rings. The first-order valence-corrected chi connectivity index (χ1v) is 25.6. The molecule has 5 N–H and O–H groups in total. The first-order valence-electron chi connectivity index (χ1n) is 22.6. The molecule has 4 atom stereocenters. The van der Waals surface area contributed by atoms with Gasteiger partial charge in [0.05, 0.1) is 25.9 Å². The fraction of sp³-hybridized carbons (Fsp3) is 0.696. The predicted molar refractivity (Wildman–Crippen MR) is 245 cm³/mol. The maximum absolute atomic E-state index is 12.7. The van der Waals surface area contributed by atoms with Crippen LogP contribution >= 0.6 is 15.6 Å². The summed E-state index contributed by atoms with van der Waals surface area (Å²) in [6.45, 7) is 3.68. The van der Waals surface area contributed by atoms with Crippen LogP contribution in [0.3, 0.4) is 0 Å². The smallest absolute Gasteiger partial charge is 0.462 e. The third kappa shape index (κ3) is 44.1. The number of phosphoric acid groups is 2. The number of hydrogen-bond donors (Lipinski definition) is 5. The van der Waals surface area contributed by atoms with E-state index < -0.39 is 72.3 Å². The molecular formula is C46H80O14P2. The van der Waals surface area contributed by atoms with E-state index in [-0.39, 0.29) is 19.3 Å². The summed E-state index contributed by atoms with van der Waals surface area (Å²) in [5.41, 5.74) is 0. The molecule has 0 saturated heterocycles. The molecule has 0 aliphatic carbocycles. The van der Waals surface area contributed by atoms with Gasteiger partial charge in [0.2, 0.25) is 0 Å². The van der Waals surface area contributed by atoms with Crippen molar-refractivity contribution in [2.24, 2.45) is 5.92 Å². The minimum absolute atomic E-state index is 0.0628. The third-order valence-electron chi connectivity index (χ3n) is 9.15. The number of esters is 2. The highest BCUT2D eigenvalue weighted by molar-refractivity contribution is 7.47. The van der Waals surface area contributed by atoms with Crippen LogP contribution in [-0.4, -0.2) is 81.6 Å². The van der Waals surface area contributed by atoms with Crippen LogP contribution in [0.4, 0.5) is 0 Å². The topological polar surface area (TPSA) is 216 Å². The van der Waals surface area contributed by atoms with Crippen LogP contribution in [-0.2, 0) is 41.8 Å². The van der Waals surface area contributed by atoms with Gasteiger partial charge >= 0.3 is 27.6 Å². The van der Waals surface area contributed by atoms with Gasteiger partial charge in [-0.3, -0.25) is 23.2 Å². The van der Waals surface area contributed by atoms with Crippen LogP contribution < -0.4 is 0 Å². The van der Waals surface area contributed by atoms with Crippen LogP contribution in [0.2, 0.25) is 0 Å². The lowest BCUT2D eigenvalue weighted by Crippen LogP contribution is -2.30. The Bertz CT molecular complexity index is 1400. The SMILES string of the molecule is CC/C=C\C/C=C\C/C=C\C/C=C\C/C=C\C=C/C(O)CCC(=O)OC[C@H](COP(=O)(O)OC[C@@H](O)COP(=O)(O)O)OC(=O)CCCCCCCCCCCCCCC(C)C.